The molecule has 4 heteroatoms. The third kappa shape index (κ3) is 2.15. The maximum atomic E-state index is 6.05. The number of ether oxygens (including phenoxy) is 1. The molecule has 0 amide bonds. The highest BCUT2D eigenvalue weighted by atomic mass is 16.5. The van der Waals surface area contributed by atoms with Gasteiger partial charge in [-0.2, -0.15) is 0 Å². The summed E-state index contributed by atoms with van der Waals surface area (Å²) >= 11 is 0. The summed E-state index contributed by atoms with van der Waals surface area (Å²) in [6, 6.07) is 0.594. The Morgan fingerprint density at radius 2 is 2.27 bits per heavy atom. The van der Waals surface area contributed by atoms with Crippen LogP contribution in [-0.4, -0.2) is 22.3 Å². The largest absolute Gasteiger partial charge is 0.384 e. The van der Waals surface area contributed by atoms with E-state index in [9.17, 15) is 0 Å². The van der Waals surface area contributed by atoms with Crippen LogP contribution in [0.2, 0.25) is 0 Å². The van der Waals surface area contributed by atoms with E-state index in [4.69, 9.17) is 10.5 Å². The molecule has 0 radical (unpaired) electrons. The highest BCUT2D eigenvalue weighted by Gasteiger charge is 2.28. The lowest BCUT2D eigenvalue weighted by Crippen LogP contribution is -2.26. The molecule has 1 fully saturated rings. The van der Waals surface area contributed by atoms with Crippen molar-refractivity contribution < 1.29 is 4.74 Å². The van der Waals surface area contributed by atoms with Crippen LogP contribution in [0, 0.1) is 0 Å². The molecule has 0 spiro atoms. The fraction of sp³-hybridized carbons (Fsp3) is 0.727. The SMILES string of the molecule is COC(C)(C)Cc1ncn(C2CC2)c1N. The summed E-state index contributed by atoms with van der Waals surface area (Å²) in [5.74, 6) is 0.808. The van der Waals surface area contributed by atoms with Gasteiger partial charge in [-0.25, -0.2) is 4.98 Å². The summed E-state index contributed by atoms with van der Waals surface area (Å²) in [7, 11) is 1.72. The minimum Gasteiger partial charge on any atom is -0.384 e. The van der Waals surface area contributed by atoms with Crippen molar-refractivity contribution in [2.75, 3.05) is 12.8 Å². The Bertz CT molecular complexity index is 353. The van der Waals surface area contributed by atoms with E-state index in [1.807, 2.05) is 20.2 Å². The van der Waals surface area contributed by atoms with Crippen molar-refractivity contribution in [2.45, 2.75) is 44.8 Å². The minimum absolute atomic E-state index is 0.198. The Kier molecular flexibility index (Phi) is 2.46. The normalized spacial score (nSPS) is 17.0. The Hall–Kier alpha value is -1.03. The molecule has 0 bridgehead atoms. The Morgan fingerprint density at radius 3 is 2.80 bits per heavy atom. The second-order valence-corrected chi connectivity index (χ2v) is 4.86. The number of methoxy groups -OCH3 is 1. The average Bonchev–Trinajstić information content (AvgIpc) is 2.95. The standard InChI is InChI=1S/C11H19N3O/c1-11(2,15-3)6-9-10(12)14(7-13-9)8-4-5-8/h7-8H,4-6,12H2,1-3H3. The van der Waals surface area contributed by atoms with Gasteiger partial charge in [-0.3, -0.25) is 0 Å². The van der Waals surface area contributed by atoms with Crippen molar-refractivity contribution in [3.05, 3.63) is 12.0 Å². The van der Waals surface area contributed by atoms with Gasteiger partial charge in [0.1, 0.15) is 5.82 Å². The molecule has 1 heterocycles. The number of hydrogen-bond acceptors (Lipinski definition) is 3. The monoisotopic (exact) mass is 209 g/mol. The first-order valence-corrected chi connectivity index (χ1v) is 5.40. The molecule has 1 aromatic heterocycles. The van der Waals surface area contributed by atoms with Crippen LogP contribution in [0.4, 0.5) is 5.82 Å². The Balaban J connectivity index is 2.15. The number of aromatic nitrogens is 2. The second-order valence-electron chi connectivity index (χ2n) is 4.86. The quantitative estimate of drug-likeness (QED) is 0.822. The van der Waals surface area contributed by atoms with Crippen LogP contribution in [0.1, 0.15) is 38.4 Å². The fourth-order valence-corrected chi connectivity index (χ4v) is 1.66. The number of rotatable bonds is 4. The van der Waals surface area contributed by atoms with Gasteiger partial charge in [-0.05, 0) is 26.7 Å². The van der Waals surface area contributed by atoms with E-state index in [1.54, 1.807) is 7.11 Å². The summed E-state index contributed by atoms with van der Waals surface area (Å²) in [6.45, 7) is 4.09. The molecule has 1 aliphatic carbocycles. The fourth-order valence-electron chi connectivity index (χ4n) is 1.66. The summed E-state index contributed by atoms with van der Waals surface area (Å²) < 4.78 is 7.46. The van der Waals surface area contributed by atoms with Gasteiger partial charge in [0.05, 0.1) is 17.6 Å². The van der Waals surface area contributed by atoms with Gasteiger partial charge in [0.2, 0.25) is 0 Å². The van der Waals surface area contributed by atoms with Crippen molar-refractivity contribution in [1.29, 1.82) is 0 Å². The average molecular weight is 209 g/mol. The predicted octanol–water partition coefficient (Wildman–Crippen LogP) is 1.77. The first-order chi connectivity index (χ1) is 7.03. The third-order valence-corrected chi connectivity index (χ3v) is 3.00. The molecule has 2 N–H and O–H groups in total. The molecule has 0 aromatic carbocycles. The number of nitrogen functional groups attached to an aromatic ring is 1. The van der Waals surface area contributed by atoms with Crippen LogP contribution in [0.5, 0.6) is 0 Å². The molecular formula is C11H19N3O. The van der Waals surface area contributed by atoms with E-state index >= 15 is 0 Å². The summed E-state index contributed by atoms with van der Waals surface area (Å²) in [5.41, 5.74) is 6.81. The van der Waals surface area contributed by atoms with E-state index in [0.29, 0.717) is 6.04 Å². The molecule has 0 atom stereocenters. The number of imidazole rings is 1. The first-order valence-electron chi connectivity index (χ1n) is 5.40. The van der Waals surface area contributed by atoms with Crippen LogP contribution in [0.3, 0.4) is 0 Å². The van der Waals surface area contributed by atoms with Crippen molar-refractivity contribution in [3.8, 4) is 0 Å². The summed E-state index contributed by atoms with van der Waals surface area (Å²) in [5, 5.41) is 0. The zero-order chi connectivity index (χ0) is 11.1. The van der Waals surface area contributed by atoms with Gasteiger partial charge in [-0.1, -0.05) is 0 Å². The molecule has 0 unspecified atom stereocenters. The van der Waals surface area contributed by atoms with Crippen LogP contribution in [0.25, 0.3) is 0 Å². The van der Waals surface area contributed by atoms with E-state index in [2.05, 4.69) is 9.55 Å². The zero-order valence-electron chi connectivity index (χ0n) is 9.66. The van der Waals surface area contributed by atoms with Crippen molar-refractivity contribution in [2.24, 2.45) is 0 Å². The molecular weight excluding hydrogens is 190 g/mol. The van der Waals surface area contributed by atoms with Gasteiger partial charge < -0.3 is 15.0 Å². The molecule has 0 aliphatic heterocycles. The topological polar surface area (TPSA) is 53.1 Å². The lowest BCUT2D eigenvalue weighted by Gasteiger charge is -2.21. The van der Waals surface area contributed by atoms with Crippen LogP contribution in [0.15, 0.2) is 6.33 Å². The molecule has 1 aliphatic rings. The van der Waals surface area contributed by atoms with E-state index in [1.165, 1.54) is 12.8 Å². The van der Waals surface area contributed by atoms with Gasteiger partial charge in [-0.15, -0.1) is 0 Å². The first kappa shape index (κ1) is 10.5. The number of nitrogens with zero attached hydrogens (tertiary/aromatic N) is 2. The third-order valence-electron chi connectivity index (χ3n) is 3.00. The predicted molar refractivity (Wildman–Crippen MR) is 59.7 cm³/mol. The highest BCUT2D eigenvalue weighted by Crippen LogP contribution is 2.37. The van der Waals surface area contributed by atoms with Gasteiger partial charge >= 0.3 is 0 Å². The maximum absolute atomic E-state index is 6.05. The second kappa shape index (κ2) is 3.52. The van der Waals surface area contributed by atoms with Gasteiger partial charge in [0, 0.05) is 19.6 Å². The van der Waals surface area contributed by atoms with Crippen molar-refractivity contribution >= 4 is 5.82 Å². The molecule has 84 valence electrons. The van der Waals surface area contributed by atoms with E-state index < -0.39 is 0 Å². The zero-order valence-corrected chi connectivity index (χ0v) is 9.66. The number of nitrogens with two attached hydrogens (primary N) is 1. The summed E-state index contributed by atoms with van der Waals surface area (Å²) in [6.07, 6.45) is 5.07. The molecule has 1 aromatic rings. The Morgan fingerprint density at radius 1 is 1.60 bits per heavy atom. The van der Waals surface area contributed by atoms with E-state index in [-0.39, 0.29) is 5.60 Å². The van der Waals surface area contributed by atoms with Gasteiger partial charge in [0.15, 0.2) is 0 Å². The van der Waals surface area contributed by atoms with Gasteiger partial charge in [0.25, 0.3) is 0 Å². The van der Waals surface area contributed by atoms with E-state index in [0.717, 1.165) is 17.9 Å². The molecule has 1 saturated carbocycles. The smallest absolute Gasteiger partial charge is 0.126 e. The minimum atomic E-state index is -0.198. The van der Waals surface area contributed by atoms with Crippen LogP contribution in [-0.2, 0) is 11.2 Å². The van der Waals surface area contributed by atoms with Crippen LogP contribution >= 0.6 is 0 Å². The van der Waals surface area contributed by atoms with Crippen molar-refractivity contribution in [3.63, 3.8) is 0 Å². The molecule has 0 saturated heterocycles. The molecule has 4 nitrogen and oxygen atoms in total. The molecule has 15 heavy (non-hydrogen) atoms. The highest BCUT2D eigenvalue weighted by molar-refractivity contribution is 5.38. The lowest BCUT2D eigenvalue weighted by atomic mass is 10.0. The number of hydrogen-bond donors (Lipinski definition) is 1. The Labute approximate surface area is 90.4 Å². The molecule has 2 rings (SSSR count). The summed E-state index contributed by atoms with van der Waals surface area (Å²) in [4.78, 5) is 4.37. The maximum Gasteiger partial charge on any atom is 0.126 e. The van der Waals surface area contributed by atoms with Crippen LogP contribution < -0.4 is 5.73 Å². The lowest BCUT2D eigenvalue weighted by molar-refractivity contribution is 0.0226. The number of anilines is 1. The van der Waals surface area contributed by atoms with Crippen molar-refractivity contribution in [1.82, 2.24) is 9.55 Å².